The molecule has 0 bridgehead atoms. The minimum Gasteiger partial charge on any atom is -0.465 e. The van der Waals surface area contributed by atoms with Crippen molar-refractivity contribution in [2.45, 2.75) is 18.9 Å². The van der Waals surface area contributed by atoms with Crippen LogP contribution in [0.5, 0.6) is 0 Å². The highest BCUT2D eigenvalue weighted by atomic mass is 16.5. The summed E-state index contributed by atoms with van der Waals surface area (Å²) in [6, 6.07) is 5.76. The minimum atomic E-state index is -0.399. The third-order valence-corrected chi connectivity index (χ3v) is 4.64. The molecular formula is C19H16N6O2. The van der Waals surface area contributed by atoms with E-state index in [-0.39, 0.29) is 0 Å². The van der Waals surface area contributed by atoms with Gasteiger partial charge in [-0.25, -0.2) is 19.7 Å². The summed E-state index contributed by atoms with van der Waals surface area (Å²) in [7, 11) is 1.36. The summed E-state index contributed by atoms with van der Waals surface area (Å²) >= 11 is 0. The van der Waals surface area contributed by atoms with E-state index < -0.39 is 5.97 Å². The molecule has 3 heterocycles. The molecule has 1 saturated carbocycles. The molecule has 0 unspecified atom stereocenters. The first kappa shape index (κ1) is 15.7. The Labute approximate surface area is 154 Å². The number of pyridine rings is 1. The third kappa shape index (κ3) is 2.75. The molecule has 0 atom stereocenters. The van der Waals surface area contributed by atoms with Crippen molar-refractivity contribution in [2.75, 3.05) is 12.4 Å². The van der Waals surface area contributed by atoms with Crippen molar-refractivity contribution in [1.29, 1.82) is 0 Å². The molecular weight excluding hydrogens is 344 g/mol. The number of anilines is 1. The van der Waals surface area contributed by atoms with Crippen LogP contribution in [0.4, 0.5) is 5.95 Å². The van der Waals surface area contributed by atoms with Crippen LogP contribution >= 0.6 is 0 Å². The average Bonchev–Trinajstić information content (AvgIpc) is 3.35. The van der Waals surface area contributed by atoms with Crippen LogP contribution in [0, 0.1) is 0 Å². The van der Waals surface area contributed by atoms with Crippen LogP contribution in [0.3, 0.4) is 0 Å². The number of rotatable bonds is 4. The predicted octanol–water partition coefficient (Wildman–Crippen LogP) is 2.93. The maximum absolute atomic E-state index is 11.9. The van der Waals surface area contributed by atoms with E-state index in [4.69, 9.17) is 14.7 Å². The van der Waals surface area contributed by atoms with E-state index >= 15 is 0 Å². The van der Waals surface area contributed by atoms with Crippen molar-refractivity contribution in [3.05, 3.63) is 42.4 Å². The van der Waals surface area contributed by atoms with Crippen LogP contribution in [-0.4, -0.2) is 44.3 Å². The van der Waals surface area contributed by atoms with E-state index in [0.717, 1.165) is 34.7 Å². The van der Waals surface area contributed by atoms with Gasteiger partial charge in [-0.15, -0.1) is 0 Å². The first-order valence-corrected chi connectivity index (χ1v) is 8.67. The molecule has 134 valence electrons. The highest BCUT2D eigenvalue weighted by Gasteiger charge is 2.23. The van der Waals surface area contributed by atoms with Gasteiger partial charge in [0.05, 0.1) is 24.4 Å². The number of carbonyl (C=O) groups excluding carboxylic acids is 1. The number of H-pyrrole nitrogens is 1. The van der Waals surface area contributed by atoms with Gasteiger partial charge in [-0.3, -0.25) is 5.10 Å². The molecule has 27 heavy (non-hydrogen) atoms. The van der Waals surface area contributed by atoms with Crippen molar-refractivity contribution >= 4 is 33.7 Å². The number of nitrogens with one attached hydrogen (secondary N) is 2. The van der Waals surface area contributed by atoms with Gasteiger partial charge < -0.3 is 10.1 Å². The second-order valence-electron chi connectivity index (χ2n) is 6.55. The van der Waals surface area contributed by atoms with Crippen molar-refractivity contribution < 1.29 is 9.53 Å². The molecule has 3 aromatic heterocycles. The predicted molar refractivity (Wildman–Crippen MR) is 100 cm³/mol. The van der Waals surface area contributed by atoms with E-state index in [2.05, 4.69) is 20.5 Å². The lowest BCUT2D eigenvalue weighted by atomic mass is 10.0. The molecule has 4 aromatic rings. The molecule has 0 radical (unpaired) electrons. The summed E-state index contributed by atoms with van der Waals surface area (Å²) < 4.78 is 4.82. The standard InChI is InChI=1S/C19H16N6O2/c1-27-18(26)10-2-5-13-14-9-20-19(23-12-3-4-12)25-17(14)16(24-15(13)6-10)11-7-21-22-8-11/h2,5-9,12H,3-4H2,1H3,(H,21,22)(H,20,23,25). The SMILES string of the molecule is COC(=O)c1ccc2c(c1)nc(-c1cn[nH]c1)c1nc(NC3CC3)ncc12. The number of methoxy groups -OCH3 is 1. The van der Waals surface area contributed by atoms with Crippen molar-refractivity contribution in [1.82, 2.24) is 25.1 Å². The molecule has 8 nitrogen and oxygen atoms in total. The first-order valence-electron chi connectivity index (χ1n) is 8.67. The number of aromatic amines is 1. The summed E-state index contributed by atoms with van der Waals surface area (Å²) in [5.41, 5.74) is 3.37. The average molecular weight is 360 g/mol. The fraction of sp³-hybridized carbons (Fsp3) is 0.211. The highest BCUT2D eigenvalue weighted by Crippen LogP contribution is 2.32. The Morgan fingerprint density at radius 3 is 2.85 bits per heavy atom. The zero-order chi connectivity index (χ0) is 18.4. The highest BCUT2D eigenvalue weighted by molar-refractivity contribution is 6.10. The molecule has 0 aliphatic heterocycles. The van der Waals surface area contributed by atoms with Gasteiger partial charge in [0.1, 0.15) is 11.2 Å². The van der Waals surface area contributed by atoms with Gasteiger partial charge in [0.2, 0.25) is 5.95 Å². The second-order valence-corrected chi connectivity index (χ2v) is 6.55. The smallest absolute Gasteiger partial charge is 0.337 e. The first-order chi connectivity index (χ1) is 13.2. The number of ether oxygens (including phenoxy) is 1. The van der Waals surface area contributed by atoms with Gasteiger partial charge in [0.25, 0.3) is 0 Å². The van der Waals surface area contributed by atoms with Crippen molar-refractivity contribution in [3.63, 3.8) is 0 Å². The zero-order valence-electron chi connectivity index (χ0n) is 14.6. The topological polar surface area (TPSA) is 106 Å². The number of hydrogen-bond acceptors (Lipinski definition) is 7. The molecule has 1 aliphatic rings. The molecule has 0 spiro atoms. The monoisotopic (exact) mass is 360 g/mol. The number of esters is 1. The molecule has 5 rings (SSSR count). The number of nitrogens with zero attached hydrogens (tertiary/aromatic N) is 4. The number of fused-ring (bicyclic) bond motifs is 3. The van der Waals surface area contributed by atoms with Crippen LogP contribution in [-0.2, 0) is 4.74 Å². The lowest BCUT2D eigenvalue weighted by Crippen LogP contribution is -2.06. The minimum absolute atomic E-state index is 0.399. The van der Waals surface area contributed by atoms with Crippen molar-refractivity contribution in [2.24, 2.45) is 0 Å². The normalized spacial score (nSPS) is 13.8. The number of hydrogen-bond donors (Lipinski definition) is 2. The number of benzene rings is 1. The molecule has 1 aromatic carbocycles. The van der Waals surface area contributed by atoms with Crippen LogP contribution in [0.15, 0.2) is 36.8 Å². The van der Waals surface area contributed by atoms with Gasteiger partial charge in [-0.05, 0) is 25.0 Å². The van der Waals surface area contributed by atoms with Gasteiger partial charge in [0.15, 0.2) is 0 Å². The zero-order valence-corrected chi connectivity index (χ0v) is 14.6. The third-order valence-electron chi connectivity index (χ3n) is 4.64. The Morgan fingerprint density at radius 2 is 2.11 bits per heavy atom. The van der Waals surface area contributed by atoms with Gasteiger partial charge in [-0.2, -0.15) is 5.10 Å². The summed E-state index contributed by atoms with van der Waals surface area (Å²) in [5, 5.41) is 11.9. The Morgan fingerprint density at radius 1 is 1.22 bits per heavy atom. The van der Waals surface area contributed by atoms with Gasteiger partial charge in [0, 0.05) is 34.8 Å². The fourth-order valence-electron chi connectivity index (χ4n) is 3.09. The largest absolute Gasteiger partial charge is 0.465 e. The Bertz CT molecular complexity index is 1170. The lowest BCUT2D eigenvalue weighted by Gasteiger charge is -2.10. The van der Waals surface area contributed by atoms with Crippen molar-refractivity contribution in [3.8, 4) is 11.3 Å². The lowest BCUT2D eigenvalue weighted by molar-refractivity contribution is 0.0601. The molecule has 1 aliphatic carbocycles. The molecule has 8 heteroatoms. The number of aromatic nitrogens is 5. The molecule has 0 saturated heterocycles. The maximum Gasteiger partial charge on any atom is 0.337 e. The van der Waals surface area contributed by atoms with Gasteiger partial charge >= 0.3 is 5.97 Å². The molecule has 1 fully saturated rings. The summed E-state index contributed by atoms with van der Waals surface area (Å²) in [6.07, 6.45) is 7.56. The van der Waals surface area contributed by atoms with Crippen LogP contribution in [0.1, 0.15) is 23.2 Å². The Hall–Kier alpha value is -3.55. The Balaban J connectivity index is 1.77. The summed E-state index contributed by atoms with van der Waals surface area (Å²) in [4.78, 5) is 25.8. The maximum atomic E-state index is 11.9. The fourth-order valence-corrected chi connectivity index (χ4v) is 3.09. The van der Waals surface area contributed by atoms with Crippen LogP contribution in [0.2, 0.25) is 0 Å². The van der Waals surface area contributed by atoms with E-state index in [1.165, 1.54) is 7.11 Å². The van der Waals surface area contributed by atoms with Crippen LogP contribution < -0.4 is 5.32 Å². The second kappa shape index (κ2) is 6.01. The molecule has 0 amide bonds. The van der Waals surface area contributed by atoms with E-state index in [1.54, 1.807) is 30.7 Å². The number of carbonyl (C=O) groups is 1. The Kier molecular flexibility index (Phi) is 3.49. The quantitative estimate of drug-likeness (QED) is 0.426. The van der Waals surface area contributed by atoms with E-state index in [9.17, 15) is 4.79 Å². The summed E-state index contributed by atoms with van der Waals surface area (Å²) in [6.45, 7) is 0. The van der Waals surface area contributed by atoms with Gasteiger partial charge in [-0.1, -0.05) is 6.07 Å². The summed E-state index contributed by atoms with van der Waals surface area (Å²) in [5.74, 6) is 0.200. The van der Waals surface area contributed by atoms with E-state index in [0.29, 0.717) is 28.8 Å². The molecule has 2 N–H and O–H groups in total. The van der Waals surface area contributed by atoms with Crippen LogP contribution in [0.25, 0.3) is 33.1 Å². The van der Waals surface area contributed by atoms with E-state index in [1.807, 2.05) is 6.07 Å².